The van der Waals surface area contributed by atoms with Crippen molar-refractivity contribution in [3.05, 3.63) is 23.2 Å². The molecule has 0 aliphatic carbocycles. The summed E-state index contributed by atoms with van der Waals surface area (Å²) in [6, 6.07) is 0. The highest BCUT2D eigenvalue weighted by molar-refractivity contribution is 6.29. The molecule has 0 N–H and O–H groups in total. The van der Waals surface area contributed by atoms with Gasteiger partial charge in [0, 0.05) is 0 Å². The zero-order chi connectivity index (χ0) is 11.0. The summed E-state index contributed by atoms with van der Waals surface area (Å²) in [6.07, 6.45) is 3.08. The average molecular weight is 238 g/mol. The summed E-state index contributed by atoms with van der Waals surface area (Å²) in [6.45, 7) is 1.90. The highest BCUT2D eigenvalue weighted by atomic mass is 35.5. The summed E-state index contributed by atoms with van der Waals surface area (Å²) in [5, 5.41) is 8.49. The van der Waals surface area contributed by atoms with E-state index in [9.17, 15) is 0 Å². The minimum Gasteiger partial charge on any atom is -0.373 e. The molecule has 0 unspecified atom stereocenters. The first-order chi connectivity index (χ1) is 7.84. The SMILES string of the molecule is Clc1cnc(-c2nnn3c2COCC3)cn1. The molecule has 0 saturated carbocycles. The minimum absolute atomic E-state index is 0.362. The van der Waals surface area contributed by atoms with Crippen LogP contribution in [0.25, 0.3) is 11.4 Å². The molecule has 16 heavy (non-hydrogen) atoms. The molecule has 6 nitrogen and oxygen atoms in total. The van der Waals surface area contributed by atoms with Gasteiger partial charge in [-0.25, -0.2) is 14.6 Å². The van der Waals surface area contributed by atoms with E-state index >= 15 is 0 Å². The Morgan fingerprint density at radius 2 is 2.25 bits per heavy atom. The number of fused-ring (bicyclic) bond motifs is 1. The lowest BCUT2D eigenvalue weighted by Crippen LogP contribution is -2.17. The molecular formula is C9H8ClN5O. The summed E-state index contributed by atoms with van der Waals surface area (Å²) >= 11 is 5.68. The second kappa shape index (κ2) is 3.80. The van der Waals surface area contributed by atoms with E-state index in [-0.39, 0.29) is 0 Å². The van der Waals surface area contributed by atoms with Crippen molar-refractivity contribution in [3.8, 4) is 11.4 Å². The van der Waals surface area contributed by atoms with Crippen molar-refractivity contribution in [3.63, 3.8) is 0 Å². The second-order valence-electron chi connectivity index (χ2n) is 3.38. The quantitative estimate of drug-likeness (QED) is 0.738. The van der Waals surface area contributed by atoms with E-state index in [1.807, 2.05) is 4.68 Å². The number of aromatic nitrogens is 5. The van der Waals surface area contributed by atoms with Gasteiger partial charge in [-0.2, -0.15) is 0 Å². The fourth-order valence-electron chi connectivity index (χ4n) is 1.61. The minimum atomic E-state index is 0.362. The van der Waals surface area contributed by atoms with Crippen molar-refractivity contribution in [1.29, 1.82) is 0 Å². The standard InChI is InChI=1S/C9H8ClN5O/c10-8-4-11-6(3-12-8)9-7-5-16-2-1-15(7)14-13-9/h3-4H,1-2,5H2. The van der Waals surface area contributed by atoms with Crippen LogP contribution in [-0.4, -0.2) is 31.6 Å². The van der Waals surface area contributed by atoms with Crippen LogP contribution in [0.1, 0.15) is 5.69 Å². The molecule has 0 atom stereocenters. The molecule has 0 bridgehead atoms. The Bertz CT molecular complexity index is 509. The number of hydrogen-bond acceptors (Lipinski definition) is 5. The fraction of sp³-hybridized carbons (Fsp3) is 0.333. The van der Waals surface area contributed by atoms with E-state index < -0.39 is 0 Å². The number of hydrogen-bond donors (Lipinski definition) is 0. The molecule has 0 spiro atoms. The van der Waals surface area contributed by atoms with E-state index in [0.29, 0.717) is 29.8 Å². The van der Waals surface area contributed by atoms with Crippen molar-refractivity contribution >= 4 is 11.6 Å². The van der Waals surface area contributed by atoms with Crippen molar-refractivity contribution in [2.24, 2.45) is 0 Å². The molecule has 7 heteroatoms. The number of halogens is 1. The van der Waals surface area contributed by atoms with Crippen LogP contribution in [0.2, 0.25) is 5.15 Å². The molecule has 0 fully saturated rings. The molecule has 2 aromatic rings. The molecule has 0 saturated heterocycles. The lowest BCUT2D eigenvalue weighted by Gasteiger charge is -2.13. The molecule has 1 aliphatic rings. The van der Waals surface area contributed by atoms with Crippen molar-refractivity contribution in [2.45, 2.75) is 13.2 Å². The summed E-state index contributed by atoms with van der Waals surface area (Å²) in [4.78, 5) is 8.13. The predicted octanol–water partition coefficient (Wildman–Crippen LogP) is 0.919. The van der Waals surface area contributed by atoms with E-state index in [1.54, 1.807) is 6.20 Å². The van der Waals surface area contributed by atoms with E-state index in [2.05, 4.69) is 20.3 Å². The van der Waals surface area contributed by atoms with Crippen LogP contribution in [0.3, 0.4) is 0 Å². The largest absolute Gasteiger partial charge is 0.373 e. The Hall–Kier alpha value is -1.53. The Labute approximate surface area is 96.2 Å². The predicted molar refractivity (Wildman–Crippen MR) is 55.7 cm³/mol. The second-order valence-corrected chi connectivity index (χ2v) is 3.77. The molecule has 0 radical (unpaired) electrons. The van der Waals surface area contributed by atoms with Gasteiger partial charge in [0.05, 0.1) is 37.8 Å². The van der Waals surface area contributed by atoms with Crippen molar-refractivity contribution < 1.29 is 4.74 Å². The van der Waals surface area contributed by atoms with Crippen LogP contribution < -0.4 is 0 Å². The third-order valence-electron chi connectivity index (χ3n) is 2.39. The number of nitrogens with zero attached hydrogens (tertiary/aromatic N) is 5. The maximum absolute atomic E-state index is 5.68. The Kier molecular flexibility index (Phi) is 2.30. The lowest BCUT2D eigenvalue weighted by molar-refractivity contribution is 0.0801. The third-order valence-corrected chi connectivity index (χ3v) is 2.58. The van der Waals surface area contributed by atoms with Crippen LogP contribution in [0.5, 0.6) is 0 Å². The van der Waals surface area contributed by atoms with E-state index in [1.165, 1.54) is 6.20 Å². The van der Waals surface area contributed by atoms with Crippen molar-refractivity contribution in [2.75, 3.05) is 6.61 Å². The molecule has 0 amide bonds. The number of ether oxygens (including phenoxy) is 1. The first kappa shape index (κ1) is 9.68. The van der Waals surface area contributed by atoms with Gasteiger partial charge in [-0.15, -0.1) is 5.10 Å². The van der Waals surface area contributed by atoms with Gasteiger partial charge < -0.3 is 4.74 Å². The van der Waals surface area contributed by atoms with Crippen molar-refractivity contribution in [1.82, 2.24) is 25.0 Å². The van der Waals surface area contributed by atoms with Crippen LogP contribution in [0.15, 0.2) is 12.4 Å². The Balaban J connectivity index is 2.06. The summed E-state index contributed by atoms with van der Waals surface area (Å²) in [7, 11) is 0. The molecule has 3 rings (SSSR count). The van der Waals surface area contributed by atoms with Gasteiger partial charge >= 0.3 is 0 Å². The topological polar surface area (TPSA) is 65.7 Å². The first-order valence-corrected chi connectivity index (χ1v) is 5.20. The van der Waals surface area contributed by atoms with Crippen LogP contribution in [0, 0.1) is 0 Å². The summed E-state index contributed by atoms with van der Waals surface area (Å²) in [5.74, 6) is 0. The van der Waals surface area contributed by atoms with Crippen LogP contribution >= 0.6 is 11.6 Å². The summed E-state index contributed by atoms with van der Waals surface area (Å²) in [5.41, 5.74) is 2.31. The van der Waals surface area contributed by atoms with Gasteiger partial charge in [0.25, 0.3) is 0 Å². The van der Waals surface area contributed by atoms with Gasteiger partial charge in [-0.3, -0.25) is 0 Å². The van der Waals surface area contributed by atoms with Crippen LogP contribution in [0.4, 0.5) is 0 Å². The molecule has 82 valence electrons. The zero-order valence-electron chi connectivity index (χ0n) is 8.30. The molecule has 0 aromatic carbocycles. The number of rotatable bonds is 1. The Morgan fingerprint density at radius 3 is 3.06 bits per heavy atom. The van der Waals surface area contributed by atoms with Gasteiger partial charge in [0.2, 0.25) is 0 Å². The van der Waals surface area contributed by atoms with E-state index in [4.69, 9.17) is 16.3 Å². The van der Waals surface area contributed by atoms with Gasteiger partial charge in [0.15, 0.2) is 0 Å². The third kappa shape index (κ3) is 1.56. The van der Waals surface area contributed by atoms with Gasteiger partial charge in [0.1, 0.15) is 16.5 Å². The monoisotopic (exact) mass is 237 g/mol. The molecule has 1 aliphatic heterocycles. The maximum atomic E-state index is 5.68. The average Bonchev–Trinajstić information content (AvgIpc) is 2.74. The smallest absolute Gasteiger partial charge is 0.147 e. The highest BCUT2D eigenvalue weighted by Crippen LogP contribution is 2.21. The van der Waals surface area contributed by atoms with Crippen LogP contribution in [-0.2, 0) is 17.9 Å². The van der Waals surface area contributed by atoms with E-state index in [0.717, 1.165) is 12.2 Å². The maximum Gasteiger partial charge on any atom is 0.147 e. The summed E-state index contributed by atoms with van der Waals surface area (Å²) < 4.78 is 7.19. The van der Waals surface area contributed by atoms with Gasteiger partial charge in [-0.05, 0) is 0 Å². The first-order valence-electron chi connectivity index (χ1n) is 4.82. The Morgan fingerprint density at radius 1 is 1.31 bits per heavy atom. The highest BCUT2D eigenvalue weighted by Gasteiger charge is 2.18. The lowest BCUT2D eigenvalue weighted by atomic mass is 10.2. The zero-order valence-corrected chi connectivity index (χ0v) is 9.05. The fourth-order valence-corrected chi connectivity index (χ4v) is 1.71. The van der Waals surface area contributed by atoms with Gasteiger partial charge in [-0.1, -0.05) is 16.8 Å². The molecule has 2 aromatic heterocycles. The molecule has 3 heterocycles. The normalized spacial score (nSPS) is 14.8. The molecular weight excluding hydrogens is 230 g/mol.